The fourth-order valence-corrected chi connectivity index (χ4v) is 6.27. The normalized spacial score (nSPS) is 12.0. The van der Waals surface area contributed by atoms with E-state index in [1.165, 1.54) is 18.7 Å². The predicted octanol–water partition coefficient (Wildman–Crippen LogP) is 2.51. The predicted molar refractivity (Wildman–Crippen MR) is 232 cm³/mol. The highest BCUT2D eigenvalue weighted by Crippen LogP contribution is 2.37. The van der Waals surface area contributed by atoms with Gasteiger partial charge >= 0.3 is 11.9 Å². The van der Waals surface area contributed by atoms with Crippen LogP contribution in [-0.4, -0.2) is 91.8 Å². The van der Waals surface area contributed by atoms with E-state index in [2.05, 4.69) is 32.7 Å². The van der Waals surface area contributed by atoms with Gasteiger partial charge in [-0.2, -0.15) is 10.5 Å². The van der Waals surface area contributed by atoms with Crippen LogP contribution in [0.3, 0.4) is 0 Å². The third-order valence-corrected chi connectivity index (χ3v) is 9.88. The summed E-state index contributed by atoms with van der Waals surface area (Å²) in [5.41, 5.74) is 31.1. The van der Waals surface area contributed by atoms with Gasteiger partial charge in [0.1, 0.15) is 66.4 Å². The molecule has 3 atom stereocenters. The molecule has 4 rings (SSSR count). The first-order valence-electron chi connectivity index (χ1n) is 19.2. The summed E-state index contributed by atoms with van der Waals surface area (Å²) in [6, 6.07) is 16.1. The number of anilines is 1. The molecule has 0 saturated heterocycles. The van der Waals surface area contributed by atoms with E-state index >= 15 is 0 Å². The number of thioether (sulfide) groups is 1. The number of nitrogen functional groups attached to an aromatic ring is 1. The highest BCUT2D eigenvalue weighted by atomic mass is 35.5. The molecule has 62 heavy (non-hydrogen) atoms. The van der Waals surface area contributed by atoms with Crippen molar-refractivity contribution in [2.45, 2.75) is 61.5 Å². The summed E-state index contributed by atoms with van der Waals surface area (Å²) >= 11 is 7.23. The first kappa shape index (κ1) is 50.1. The van der Waals surface area contributed by atoms with Gasteiger partial charge in [-0.3, -0.25) is 14.4 Å². The lowest BCUT2D eigenvalue weighted by Crippen LogP contribution is -2.47. The van der Waals surface area contributed by atoms with Crippen LogP contribution in [0.5, 0.6) is 5.75 Å². The number of amides is 2. The molecule has 2 aromatic carbocycles. The quantitative estimate of drug-likeness (QED) is 0.0359. The zero-order chi connectivity index (χ0) is 45.6. The standard InChI is InChI=1S/C24H16ClN5O2S.C17H34N6O6/c1-31-18-8-4-14(5-9-18)21-19(10-26)22(28)30-24(20(21)11-27)33-13-17-12-32-23(29-17)15-2-6-16(25)7-3-15;1-11(23-16(26)13(21)5-3-7-19)17(27)29-9-8-28-14(24)10-22-15(25)12(20)4-2-6-18/h2-9,12H,13H2,1H3,(H2,28,30);11-13H,2-10,18-21H2,1H3,(H,22,25)(H,23,26)/t;11-,12-,13-/m.0/s1. The number of aromatic nitrogens is 2. The fourth-order valence-electron chi connectivity index (χ4n) is 5.27. The van der Waals surface area contributed by atoms with Crippen molar-refractivity contribution in [2.75, 3.05) is 45.7 Å². The van der Waals surface area contributed by atoms with E-state index < -0.39 is 41.9 Å². The maximum absolute atomic E-state index is 11.8. The monoisotopic (exact) mass is 891 g/mol. The molecule has 19 nitrogen and oxygen atoms in total. The van der Waals surface area contributed by atoms with Crippen molar-refractivity contribution in [2.24, 2.45) is 22.9 Å². The minimum absolute atomic E-state index is 0.0619. The van der Waals surface area contributed by atoms with Crippen molar-refractivity contribution in [1.29, 1.82) is 10.5 Å². The summed E-state index contributed by atoms with van der Waals surface area (Å²) in [7, 11) is 1.57. The number of nitrogens with zero attached hydrogens (tertiary/aromatic N) is 4. The van der Waals surface area contributed by atoms with Crippen LogP contribution in [0, 0.1) is 22.7 Å². The van der Waals surface area contributed by atoms with E-state index in [4.69, 9.17) is 58.9 Å². The molecule has 0 unspecified atom stereocenters. The number of methoxy groups -OCH3 is 1. The number of benzene rings is 2. The van der Waals surface area contributed by atoms with Gasteiger partial charge in [0.25, 0.3) is 0 Å². The van der Waals surface area contributed by atoms with Gasteiger partial charge in [0.15, 0.2) is 0 Å². The number of nitrogens with one attached hydrogen (secondary N) is 2. The smallest absolute Gasteiger partial charge is 0.328 e. The van der Waals surface area contributed by atoms with Gasteiger partial charge in [0.2, 0.25) is 17.7 Å². The Morgan fingerprint density at radius 2 is 1.47 bits per heavy atom. The summed E-state index contributed by atoms with van der Waals surface area (Å²) < 4.78 is 20.5. The van der Waals surface area contributed by atoms with Crippen molar-refractivity contribution in [3.05, 3.63) is 76.6 Å². The number of hydrogen-bond donors (Lipinski definition) is 7. The number of carbonyl (C=O) groups excluding carboxylic acids is 4. The maximum atomic E-state index is 11.8. The number of ether oxygens (including phenoxy) is 3. The number of pyridine rings is 1. The molecular formula is C41H50ClN11O8S. The van der Waals surface area contributed by atoms with Gasteiger partial charge in [0.05, 0.1) is 30.5 Å². The Morgan fingerprint density at radius 3 is 2.06 bits per heavy atom. The van der Waals surface area contributed by atoms with Crippen LogP contribution in [-0.2, 0) is 34.4 Å². The summed E-state index contributed by atoms with van der Waals surface area (Å²) in [6.07, 6.45) is 3.58. The molecule has 0 radical (unpaired) electrons. The molecule has 330 valence electrons. The largest absolute Gasteiger partial charge is 0.497 e. The molecule has 0 bridgehead atoms. The van der Waals surface area contributed by atoms with Crippen LogP contribution in [0.1, 0.15) is 49.4 Å². The van der Waals surface area contributed by atoms with Crippen LogP contribution < -0.4 is 44.0 Å². The topological polar surface area (TPSA) is 337 Å². The van der Waals surface area contributed by atoms with E-state index in [1.54, 1.807) is 49.8 Å². The number of oxazole rings is 1. The van der Waals surface area contributed by atoms with Crippen molar-refractivity contribution < 1.29 is 37.8 Å². The van der Waals surface area contributed by atoms with Gasteiger partial charge in [0, 0.05) is 21.9 Å². The highest BCUT2D eigenvalue weighted by molar-refractivity contribution is 7.98. The molecule has 2 aromatic heterocycles. The highest BCUT2D eigenvalue weighted by Gasteiger charge is 2.23. The van der Waals surface area contributed by atoms with Gasteiger partial charge in [-0.15, -0.1) is 0 Å². The van der Waals surface area contributed by atoms with Gasteiger partial charge < -0.3 is 57.9 Å². The van der Waals surface area contributed by atoms with E-state index in [9.17, 15) is 29.7 Å². The lowest BCUT2D eigenvalue weighted by molar-refractivity contribution is -0.153. The SMILES string of the molecule is COc1ccc(-c2c(C#N)c(N)nc(SCc3coc(-c4ccc(Cl)cc4)n3)c2C#N)cc1.C[C@H](NC(=O)[C@@H](N)CCCN)C(=O)OCCOC(=O)CNC(=O)[C@@H](N)CCCN. The average molecular weight is 892 g/mol. The molecule has 2 amide bonds. The lowest BCUT2D eigenvalue weighted by atomic mass is 9.97. The van der Waals surface area contributed by atoms with Gasteiger partial charge in [-0.05, 0) is 87.7 Å². The second-order valence-corrected chi connectivity index (χ2v) is 14.6. The molecule has 0 saturated carbocycles. The molecule has 0 spiro atoms. The molecule has 0 aliphatic rings. The molecule has 12 N–H and O–H groups in total. The Balaban J connectivity index is 0.000000334. The second-order valence-electron chi connectivity index (χ2n) is 13.2. The fraction of sp³-hybridized carbons (Fsp3) is 0.366. The minimum atomic E-state index is -0.906. The Kier molecular flexibility index (Phi) is 21.1. The summed E-state index contributed by atoms with van der Waals surface area (Å²) in [5.74, 6) is -0.764. The Bertz CT molecular complexity index is 2190. The zero-order valence-electron chi connectivity index (χ0n) is 34.2. The molecule has 21 heteroatoms. The summed E-state index contributed by atoms with van der Waals surface area (Å²) in [6.45, 7) is 1.54. The Labute approximate surface area is 368 Å². The summed E-state index contributed by atoms with van der Waals surface area (Å²) in [5, 5.41) is 25.4. The van der Waals surface area contributed by atoms with Crippen LogP contribution in [0.2, 0.25) is 5.02 Å². The van der Waals surface area contributed by atoms with Crippen LogP contribution >= 0.6 is 23.4 Å². The number of nitriles is 2. The number of esters is 2. The third-order valence-electron chi connectivity index (χ3n) is 8.62. The first-order chi connectivity index (χ1) is 29.8. The lowest BCUT2D eigenvalue weighted by Gasteiger charge is -2.16. The van der Waals surface area contributed by atoms with Crippen LogP contribution in [0.4, 0.5) is 5.82 Å². The van der Waals surface area contributed by atoms with Crippen LogP contribution in [0.25, 0.3) is 22.6 Å². The molecule has 0 fully saturated rings. The number of halogens is 1. The van der Waals surface area contributed by atoms with Crippen molar-refractivity contribution in [3.63, 3.8) is 0 Å². The zero-order valence-corrected chi connectivity index (χ0v) is 35.8. The van der Waals surface area contributed by atoms with Crippen molar-refractivity contribution in [3.8, 4) is 40.5 Å². The van der Waals surface area contributed by atoms with Gasteiger partial charge in [-0.1, -0.05) is 35.5 Å². The van der Waals surface area contributed by atoms with E-state index in [-0.39, 0.29) is 36.7 Å². The number of carbonyl (C=O) groups is 4. The number of nitrogens with two attached hydrogens (primary N) is 5. The number of hydrogen-bond acceptors (Lipinski definition) is 18. The third kappa shape index (κ3) is 15.6. The molecule has 2 heterocycles. The maximum Gasteiger partial charge on any atom is 0.328 e. The van der Waals surface area contributed by atoms with E-state index in [0.29, 0.717) is 83.0 Å². The molecular weight excluding hydrogens is 842 g/mol. The van der Waals surface area contributed by atoms with Crippen LogP contribution in [0.15, 0.2) is 64.2 Å². The number of rotatable bonds is 21. The Morgan fingerprint density at radius 1 is 0.871 bits per heavy atom. The average Bonchev–Trinajstić information content (AvgIpc) is 3.76. The van der Waals surface area contributed by atoms with Crippen molar-refractivity contribution in [1.82, 2.24) is 20.6 Å². The first-order valence-corrected chi connectivity index (χ1v) is 20.6. The van der Waals surface area contributed by atoms with Crippen molar-refractivity contribution >= 4 is 52.9 Å². The van der Waals surface area contributed by atoms with E-state index in [0.717, 1.165) is 5.56 Å². The van der Waals surface area contributed by atoms with Gasteiger partial charge in [-0.25, -0.2) is 14.8 Å². The molecule has 4 aromatic rings. The molecule has 0 aliphatic carbocycles. The Hall–Kier alpha value is -6.26. The van der Waals surface area contributed by atoms with E-state index in [1.807, 2.05) is 12.1 Å². The second kappa shape index (κ2) is 26.2. The summed E-state index contributed by atoms with van der Waals surface area (Å²) in [4.78, 5) is 55.6. The minimum Gasteiger partial charge on any atom is -0.497 e. The molecule has 0 aliphatic heterocycles.